The fourth-order valence-electron chi connectivity index (χ4n) is 0.644. The maximum Gasteiger partial charge on any atom is 0.315 e. The number of hydrogen-bond acceptors (Lipinski definition) is 1. The number of unbranched alkanes of at least 4 members (excludes halogenated alkanes) is 1. The molecule has 0 heterocycles. The van der Waals surface area contributed by atoms with Gasteiger partial charge in [0, 0.05) is 11.0 Å². The average molecular weight is 314 g/mol. The lowest BCUT2D eigenvalue weighted by atomic mass is 10.3. The number of hydrogen-bond donors (Lipinski definition) is 2. The predicted octanol–water partition coefficient (Wildman–Crippen LogP) is 2.72. The van der Waals surface area contributed by atoms with Gasteiger partial charge in [-0.05, 0) is 11.4 Å². The largest absolute Gasteiger partial charge is 0.338 e. The second kappa shape index (κ2) is 8.56. The van der Waals surface area contributed by atoms with Crippen molar-refractivity contribution in [1.29, 1.82) is 0 Å². The first-order chi connectivity index (χ1) is 6.20. The third-order valence-corrected chi connectivity index (χ3v) is 3.03. The van der Waals surface area contributed by atoms with Crippen LogP contribution in [0.4, 0.5) is 4.79 Å². The molecule has 0 bridgehead atoms. The summed E-state index contributed by atoms with van der Waals surface area (Å²) in [5.41, 5.74) is 0. The highest BCUT2D eigenvalue weighted by atomic mass is 79.9. The molecule has 0 fully saturated rings. The van der Waals surface area contributed by atoms with Crippen molar-refractivity contribution in [3.05, 3.63) is 9.47 Å². The number of rotatable bonds is 5. The molecule has 0 spiro atoms. The maximum absolute atomic E-state index is 11.1. The molecule has 0 aromatic heterocycles. The van der Waals surface area contributed by atoms with Gasteiger partial charge in [0.15, 0.2) is 0 Å². The van der Waals surface area contributed by atoms with E-state index in [0.717, 1.165) is 23.9 Å². The summed E-state index contributed by atoms with van der Waals surface area (Å²) in [6.07, 6.45) is 2.11. The topological polar surface area (TPSA) is 41.1 Å². The predicted molar refractivity (Wildman–Crippen MR) is 62.2 cm³/mol. The molecule has 0 aliphatic rings. The minimum atomic E-state index is -0.125. The standard InChI is InChI=1S/C8H14Br2N2O/c1-2-3-4-11-8(13)12-6-7(10)5-9/h5H,2-4,6H2,1H3,(H2,11,12,13)/b7-5+. The molecule has 0 rings (SSSR count). The van der Waals surface area contributed by atoms with E-state index in [1.807, 2.05) is 0 Å². The van der Waals surface area contributed by atoms with Crippen molar-refractivity contribution in [2.45, 2.75) is 19.8 Å². The SMILES string of the molecule is CCCCNC(=O)NC/C(Br)=C\Br. The van der Waals surface area contributed by atoms with Crippen molar-refractivity contribution in [2.75, 3.05) is 13.1 Å². The Hall–Kier alpha value is -0.0300. The Morgan fingerprint density at radius 1 is 1.46 bits per heavy atom. The molecule has 5 heteroatoms. The van der Waals surface area contributed by atoms with Crippen LogP contribution in [0.5, 0.6) is 0 Å². The lowest BCUT2D eigenvalue weighted by Gasteiger charge is -2.05. The first kappa shape index (κ1) is 13.0. The van der Waals surface area contributed by atoms with Gasteiger partial charge in [0.2, 0.25) is 0 Å². The Kier molecular flexibility index (Phi) is 8.54. The summed E-state index contributed by atoms with van der Waals surface area (Å²) in [5.74, 6) is 0. The molecule has 13 heavy (non-hydrogen) atoms. The van der Waals surface area contributed by atoms with Crippen LogP contribution < -0.4 is 10.6 Å². The summed E-state index contributed by atoms with van der Waals surface area (Å²) in [7, 11) is 0. The van der Waals surface area contributed by atoms with Crippen LogP contribution in [0.1, 0.15) is 19.8 Å². The van der Waals surface area contributed by atoms with E-state index in [9.17, 15) is 4.79 Å². The Balaban J connectivity index is 3.41. The van der Waals surface area contributed by atoms with Crippen LogP contribution in [0.3, 0.4) is 0 Å². The molecule has 0 aromatic carbocycles. The minimum Gasteiger partial charge on any atom is -0.338 e. The van der Waals surface area contributed by atoms with Crippen molar-refractivity contribution in [1.82, 2.24) is 10.6 Å². The molecule has 0 saturated heterocycles. The van der Waals surface area contributed by atoms with E-state index >= 15 is 0 Å². The van der Waals surface area contributed by atoms with E-state index in [2.05, 4.69) is 49.4 Å². The average Bonchev–Trinajstić information content (AvgIpc) is 2.14. The fraction of sp³-hybridized carbons (Fsp3) is 0.625. The second-order valence-electron chi connectivity index (χ2n) is 2.52. The molecular weight excluding hydrogens is 300 g/mol. The van der Waals surface area contributed by atoms with E-state index in [0.29, 0.717) is 6.54 Å². The van der Waals surface area contributed by atoms with Gasteiger partial charge in [0.1, 0.15) is 0 Å². The molecule has 0 aliphatic heterocycles. The molecule has 0 unspecified atom stereocenters. The van der Waals surface area contributed by atoms with Crippen molar-refractivity contribution >= 4 is 37.9 Å². The lowest BCUT2D eigenvalue weighted by molar-refractivity contribution is 0.241. The first-order valence-corrected chi connectivity index (χ1v) is 5.88. The number of carbonyl (C=O) groups is 1. The van der Waals surface area contributed by atoms with E-state index in [1.165, 1.54) is 0 Å². The Morgan fingerprint density at radius 2 is 2.15 bits per heavy atom. The van der Waals surface area contributed by atoms with Crippen LogP contribution in [0.2, 0.25) is 0 Å². The molecule has 0 aliphatic carbocycles. The molecule has 0 aromatic rings. The summed E-state index contributed by atoms with van der Waals surface area (Å²) in [4.78, 5) is 12.8. The van der Waals surface area contributed by atoms with Gasteiger partial charge in [-0.1, -0.05) is 45.2 Å². The summed E-state index contributed by atoms with van der Waals surface area (Å²) >= 11 is 6.41. The molecule has 2 N–H and O–H groups in total. The summed E-state index contributed by atoms with van der Waals surface area (Å²) in [5, 5.41) is 5.45. The van der Waals surface area contributed by atoms with E-state index in [1.54, 1.807) is 4.99 Å². The lowest BCUT2D eigenvalue weighted by Crippen LogP contribution is -2.36. The minimum absolute atomic E-state index is 0.125. The summed E-state index contributed by atoms with van der Waals surface area (Å²) in [6, 6.07) is -0.125. The van der Waals surface area contributed by atoms with Crippen molar-refractivity contribution in [3.63, 3.8) is 0 Å². The molecular formula is C8H14Br2N2O. The number of urea groups is 1. The molecule has 0 radical (unpaired) electrons. The number of halogens is 2. The highest BCUT2D eigenvalue weighted by molar-refractivity contribution is 9.14. The molecule has 0 atom stereocenters. The third kappa shape index (κ3) is 8.30. The zero-order valence-corrected chi connectivity index (χ0v) is 10.7. The number of carbonyl (C=O) groups excluding carboxylic acids is 1. The molecule has 76 valence electrons. The molecule has 2 amide bonds. The zero-order chi connectivity index (χ0) is 10.1. The van der Waals surface area contributed by atoms with Gasteiger partial charge in [-0.2, -0.15) is 0 Å². The number of amides is 2. The fourth-order valence-corrected chi connectivity index (χ4v) is 0.947. The molecule has 0 saturated carbocycles. The maximum atomic E-state index is 11.1. The second-order valence-corrected chi connectivity index (χ2v) is 4.00. The Labute approximate surface area is 95.6 Å². The van der Waals surface area contributed by atoms with E-state index < -0.39 is 0 Å². The van der Waals surface area contributed by atoms with Crippen LogP contribution in [0.25, 0.3) is 0 Å². The van der Waals surface area contributed by atoms with Gasteiger partial charge in [0.25, 0.3) is 0 Å². The van der Waals surface area contributed by atoms with Crippen molar-refractivity contribution in [3.8, 4) is 0 Å². The van der Waals surface area contributed by atoms with Gasteiger partial charge in [0.05, 0.1) is 6.54 Å². The highest BCUT2D eigenvalue weighted by Gasteiger charge is 1.98. The van der Waals surface area contributed by atoms with Crippen LogP contribution >= 0.6 is 31.9 Å². The van der Waals surface area contributed by atoms with E-state index in [4.69, 9.17) is 0 Å². The smallest absolute Gasteiger partial charge is 0.315 e. The van der Waals surface area contributed by atoms with Crippen molar-refractivity contribution < 1.29 is 4.79 Å². The van der Waals surface area contributed by atoms with Crippen LogP contribution in [0.15, 0.2) is 9.47 Å². The number of nitrogens with one attached hydrogen (secondary N) is 2. The van der Waals surface area contributed by atoms with Gasteiger partial charge >= 0.3 is 6.03 Å². The summed E-state index contributed by atoms with van der Waals surface area (Å²) < 4.78 is 0.901. The molecule has 3 nitrogen and oxygen atoms in total. The van der Waals surface area contributed by atoms with Crippen LogP contribution in [0, 0.1) is 0 Å². The van der Waals surface area contributed by atoms with Crippen LogP contribution in [-0.4, -0.2) is 19.1 Å². The zero-order valence-electron chi connectivity index (χ0n) is 7.57. The van der Waals surface area contributed by atoms with Gasteiger partial charge in [-0.3, -0.25) is 0 Å². The van der Waals surface area contributed by atoms with E-state index in [-0.39, 0.29) is 6.03 Å². The van der Waals surface area contributed by atoms with Gasteiger partial charge in [-0.15, -0.1) is 0 Å². The Morgan fingerprint density at radius 3 is 2.69 bits per heavy atom. The normalized spacial score (nSPS) is 11.2. The van der Waals surface area contributed by atoms with Crippen LogP contribution in [-0.2, 0) is 0 Å². The van der Waals surface area contributed by atoms with Gasteiger partial charge < -0.3 is 10.6 Å². The monoisotopic (exact) mass is 312 g/mol. The van der Waals surface area contributed by atoms with Gasteiger partial charge in [-0.25, -0.2) is 4.79 Å². The highest BCUT2D eigenvalue weighted by Crippen LogP contribution is 2.04. The van der Waals surface area contributed by atoms with Crippen molar-refractivity contribution in [2.24, 2.45) is 0 Å². The third-order valence-electron chi connectivity index (χ3n) is 1.35. The first-order valence-electron chi connectivity index (χ1n) is 4.17. The Bertz CT molecular complexity index is 183. The quantitative estimate of drug-likeness (QED) is 0.753. The summed E-state index contributed by atoms with van der Waals surface area (Å²) in [6.45, 7) is 3.32.